The molecule has 0 spiro atoms. The summed E-state index contributed by atoms with van der Waals surface area (Å²) in [7, 11) is 0. The summed E-state index contributed by atoms with van der Waals surface area (Å²) in [4.78, 5) is 25.4. The van der Waals surface area contributed by atoms with Crippen molar-refractivity contribution in [3.63, 3.8) is 0 Å². The highest BCUT2D eigenvalue weighted by Crippen LogP contribution is 2.14. The van der Waals surface area contributed by atoms with Gasteiger partial charge in [0.2, 0.25) is 0 Å². The minimum Gasteiger partial charge on any atom is -0.478 e. The number of unbranched alkanes of at least 4 members (excludes halogenated alkanes) is 1. The number of morpholine rings is 1. The van der Waals surface area contributed by atoms with Crippen molar-refractivity contribution in [1.29, 1.82) is 0 Å². The van der Waals surface area contributed by atoms with Crippen LogP contribution in [0.4, 0.5) is 0 Å². The van der Waals surface area contributed by atoms with E-state index in [4.69, 9.17) is 14.6 Å². The lowest BCUT2D eigenvalue weighted by Crippen LogP contribution is -2.36. The summed E-state index contributed by atoms with van der Waals surface area (Å²) in [5, 5.41) is 8.95. The van der Waals surface area contributed by atoms with Gasteiger partial charge < -0.3 is 14.6 Å². The number of rotatable bonds is 10. The van der Waals surface area contributed by atoms with E-state index in [1.54, 1.807) is 0 Å². The SMILES string of the molecule is CC(C)C(C)COC(=O)/C(=C/C(=O)O)CCCCN1CCOCC1. The predicted molar refractivity (Wildman–Crippen MR) is 91.8 cm³/mol. The van der Waals surface area contributed by atoms with Crippen molar-refractivity contribution < 1.29 is 24.2 Å². The smallest absolute Gasteiger partial charge is 0.334 e. The molecule has 1 heterocycles. The fourth-order valence-corrected chi connectivity index (χ4v) is 2.35. The van der Waals surface area contributed by atoms with E-state index in [1.807, 2.05) is 6.92 Å². The maximum atomic E-state index is 12.1. The van der Waals surface area contributed by atoms with Gasteiger partial charge in [-0.05, 0) is 37.6 Å². The van der Waals surface area contributed by atoms with Gasteiger partial charge in [0, 0.05) is 24.7 Å². The van der Waals surface area contributed by atoms with Gasteiger partial charge in [-0.2, -0.15) is 0 Å². The van der Waals surface area contributed by atoms with Crippen molar-refractivity contribution in [3.8, 4) is 0 Å². The number of carboxylic acids is 1. The lowest BCUT2D eigenvalue weighted by atomic mass is 9.99. The van der Waals surface area contributed by atoms with Gasteiger partial charge in [0.1, 0.15) is 0 Å². The Kier molecular flexibility index (Phi) is 9.64. The molecule has 1 fully saturated rings. The second kappa shape index (κ2) is 11.2. The molecule has 1 aliphatic heterocycles. The minimum absolute atomic E-state index is 0.250. The third-order valence-electron chi connectivity index (χ3n) is 4.45. The van der Waals surface area contributed by atoms with E-state index in [9.17, 15) is 9.59 Å². The Labute approximate surface area is 144 Å². The molecule has 1 unspecified atom stereocenters. The Morgan fingerprint density at radius 1 is 1.21 bits per heavy atom. The number of carbonyl (C=O) groups excluding carboxylic acids is 1. The van der Waals surface area contributed by atoms with E-state index in [0.29, 0.717) is 18.9 Å². The molecule has 0 radical (unpaired) electrons. The topological polar surface area (TPSA) is 76.1 Å². The summed E-state index contributed by atoms with van der Waals surface area (Å²) in [6, 6.07) is 0. The summed E-state index contributed by atoms with van der Waals surface area (Å²) < 4.78 is 10.6. The van der Waals surface area contributed by atoms with E-state index < -0.39 is 11.9 Å². The van der Waals surface area contributed by atoms with Crippen LogP contribution >= 0.6 is 0 Å². The van der Waals surface area contributed by atoms with Crippen molar-refractivity contribution in [2.45, 2.75) is 40.0 Å². The third kappa shape index (κ3) is 8.45. The van der Waals surface area contributed by atoms with Crippen LogP contribution in [-0.2, 0) is 19.1 Å². The van der Waals surface area contributed by atoms with E-state index in [1.165, 1.54) is 0 Å². The molecular formula is C18H31NO5. The highest BCUT2D eigenvalue weighted by atomic mass is 16.5. The zero-order valence-electron chi connectivity index (χ0n) is 15.1. The summed E-state index contributed by atoms with van der Waals surface area (Å²) in [5.41, 5.74) is 0.250. The van der Waals surface area contributed by atoms with E-state index in [0.717, 1.165) is 51.8 Å². The van der Waals surface area contributed by atoms with Crippen molar-refractivity contribution in [2.75, 3.05) is 39.5 Å². The first-order valence-corrected chi connectivity index (χ1v) is 8.81. The van der Waals surface area contributed by atoms with Gasteiger partial charge in [0.05, 0.1) is 19.8 Å². The fraction of sp³-hybridized carbons (Fsp3) is 0.778. The molecule has 0 aromatic heterocycles. The van der Waals surface area contributed by atoms with Crippen LogP contribution in [0.5, 0.6) is 0 Å². The van der Waals surface area contributed by atoms with Crippen molar-refractivity contribution in [1.82, 2.24) is 4.90 Å². The van der Waals surface area contributed by atoms with Crippen LogP contribution in [0.1, 0.15) is 40.0 Å². The van der Waals surface area contributed by atoms with Crippen molar-refractivity contribution in [2.24, 2.45) is 11.8 Å². The molecule has 6 heteroatoms. The van der Waals surface area contributed by atoms with Crippen molar-refractivity contribution >= 4 is 11.9 Å². The quantitative estimate of drug-likeness (QED) is 0.373. The van der Waals surface area contributed by atoms with Gasteiger partial charge in [-0.1, -0.05) is 20.8 Å². The lowest BCUT2D eigenvalue weighted by Gasteiger charge is -2.26. The van der Waals surface area contributed by atoms with Crippen LogP contribution in [0.25, 0.3) is 0 Å². The van der Waals surface area contributed by atoms with Crippen LogP contribution in [0.3, 0.4) is 0 Å². The van der Waals surface area contributed by atoms with Crippen LogP contribution in [0.2, 0.25) is 0 Å². The summed E-state index contributed by atoms with van der Waals surface area (Å²) in [6.45, 7) is 10.8. The number of nitrogens with zero attached hydrogens (tertiary/aromatic N) is 1. The van der Waals surface area contributed by atoms with Crippen molar-refractivity contribution in [3.05, 3.63) is 11.6 Å². The largest absolute Gasteiger partial charge is 0.478 e. The molecular weight excluding hydrogens is 310 g/mol. The number of hydrogen-bond acceptors (Lipinski definition) is 5. The second-order valence-corrected chi connectivity index (χ2v) is 6.74. The summed E-state index contributed by atoms with van der Waals surface area (Å²) in [6.07, 6.45) is 3.11. The molecule has 24 heavy (non-hydrogen) atoms. The predicted octanol–water partition coefficient (Wildman–Crippen LogP) is 2.34. The van der Waals surface area contributed by atoms with Gasteiger partial charge in [-0.15, -0.1) is 0 Å². The Hall–Kier alpha value is -1.40. The van der Waals surface area contributed by atoms with Gasteiger partial charge in [0.25, 0.3) is 0 Å². The molecule has 1 N–H and O–H groups in total. The second-order valence-electron chi connectivity index (χ2n) is 6.74. The third-order valence-corrected chi connectivity index (χ3v) is 4.45. The first kappa shape index (κ1) is 20.6. The number of hydrogen-bond donors (Lipinski definition) is 1. The van der Waals surface area contributed by atoms with Crippen LogP contribution in [0.15, 0.2) is 11.6 Å². The zero-order chi connectivity index (χ0) is 17.9. The normalized spacial score (nSPS) is 17.8. The van der Waals surface area contributed by atoms with Gasteiger partial charge in [-0.25, -0.2) is 9.59 Å². The Morgan fingerprint density at radius 2 is 1.88 bits per heavy atom. The average Bonchev–Trinajstić information content (AvgIpc) is 2.55. The molecule has 0 aromatic carbocycles. The number of esters is 1. The van der Waals surface area contributed by atoms with Gasteiger partial charge in [0.15, 0.2) is 0 Å². The standard InChI is InChI=1S/C18H31NO5/c1-14(2)15(3)13-24-18(22)16(12-17(20)21)6-4-5-7-19-8-10-23-11-9-19/h12,14-15H,4-11,13H2,1-3H3,(H,20,21)/b16-12+. The number of ether oxygens (including phenoxy) is 2. The average molecular weight is 341 g/mol. The fourth-order valence-electron chi connectivity index (χ4n) is 2.35. The molecule has 1 rings (SSSR count). The molecule has 0 amide bonds. The maximum absolute atomic E-state index is 12.1. The molecule has 1 saturated heterocycles. The van der Waals surface area contributed by atoms with E-state index in [-0.39, 0.29) is 11.5 Å². The Bertz CT molecular complexity index is 427. The molecule has 0 saturated carbocycles. The zero-order valence-corrected chi connectivity index (χ0v) is 15.1. The molecule has 1 atom stereocenters. The van der Waals surface area contributed by atoms with Crippen LogP contribution < -0.4 is 0 Å². The first-order chi connectivity index (χ1) is 11.4. The molecule has 6 nitrogen and oxygen atoms in total. The van der Waals surface area contributed by atoms with Gasteiger partial charge >= 0.3 is 11.9 Å². The molecule has 0 aliphatic carbocycles. The highest BCUT2D eigenvalue weighted by molar-refractivity contribution is 5.95. The lowest BCUT2D eigenvalue weighted by molar-refractivity contribution is -0.141. The first-order valence-electron chi connectivity index (χ1n) is 8.81. The van der Waals surface area contributed by atoms with E-state index in [2.05, 4.69) is 18.7 Å². The van der Waals surface area contributed by atoms with Gasteiger partial charge in [-0.3, -0.25) is 4.90 Å². The summed E-state index contributed by atoms with van der Waals surface area (Å²) in [5.74, 6) is -0.942. The molecule has 0 bridgehead atoms. The summed E-state index contributed by atoms with van der Waals surface area (Å²) >= 11 is 0. The Balaban J connectivity index is 2.38. The maximum Gasteiger partial charge on any atom is 0.334 e. The molecule has 138 valence electrons. The monoisotopic (exact) mass is 341 g/mol. The Morgan fingerprint density at radius 3 is 2.46 bits per heavy atom. The number of carbonyl (C=O) groups is 2. The number of aliphatic carboxylic acids is 1. The van der Waals surface area contributed by atoms with Crippen LogP contribution in [-0.4, -0.2) is 61.4 Å². The molecule has 1 aliphatic rings. The minimum atomic E-state index is -1.10. The van der Waals surface area contributed by atoms with E-state index >= 15 is 0 Å². The number of carboxylic acid groups (broad SMARTS) is 1. The molecule has 0 aromatic rings. The van der Waals surface area contributed by atoms with Crippen LogP contribution in [0, 0.1) is 11.8 Å². The highest BCUT2D eigenvalue weighted by Gasteiger charge is 2.16.